The van der Waals surface area contributed by atoms with Gasteiger partial charge in [0, 0.05) is 28.9 Å². The van der Waals surface area contributed by atoms with Crippen molar-refractivity contribution in [1.29, 1.82) is 0 Å². The van der Waals surface area contributed by atoms with Crippen LogP contribution >= 0.6 is 22.7 Å². The molecule has 1 fully saturated rings. The van der Waals surface area contributed by atoms with Crippen LogP contribution in [0.3, 0.4) is 0 Å². The summed E-state index contributed by atoms with van der Waals surface area (Å²) in [5.41, 5.74) is 1.42. The van der Waals surface area contributed by atoms with Crippen molar-refractivity contribution in [3.63, 3.8) is 0 Å². The van der Waals surface area contributed by atoms with E-state index in [-0.39, 0.29) is 10.6 Å². The zero-order chi connectivity index (χ0) is 17.9. The molecule has 1 saturated heterocycles. The summed E-state index contributed by atoms with van der Waals surface area (Å²) >= 11 is 3.32. The number of para-hydroxylation sites is 1. The van der Waals surface area contributed by atoms with Gasteiger partial charge in [0.25, 0.3) is 5.69 Å². The van der Waals surface area contributed by atoms with Crippen LogP contribution in [0.25, 0.3) is 11.3 Å². The summed E-state index contributed by atoms with van der Waals surface area (Å²) in [5, 5.41) is 17.5. The minimum Gasteiger partial charge on any atom is -0.297 e. The Morgan fingerprint density at radius 3 is 2.77 bits per heavy atom. The summed E-state index contributed by atoms with van der Waals surface area (Å²) in [5.74, 6) is 0.434. The van der Waals surface area contributed by atoms with Gasteiger partial charge in [-0.25, -0.2) is 9.97 Å². The zero-order valence-corrected chi connectivity index (χ0v) is 15.7. The van der Waals surface area contributed by atoms with Gasteiger partial charge in [-0.2, -0.15) is 0 Å². The molecule has 1 aliphatic heterocycles. The van der Waals surface area contributed by atoms with Crippen LogP contribution in [-0.4, -0.2) is 32.9 Å². The van der Waals surface area contributed by atoms with E-state index in [9.17, 15) is 10.1 Å². The maximum atomic E-state index is 11.2. The molecule has 0 amide bonds. The van der Waals surface area contributed by atoms with E-state index in [0.29, 0.717) is 17.2 Å². The number of nitro benzene ring substituents is 1. The molecule has 26 heavy (non-hydrogen) atoms. The number of piperidine rings is 1. The van der Waals surface area contributed by atoms with Crippen molar-refractivity contribution in [2.45, 2.75) is 25.3 Å². The molecule has 0 radical (unpaired) electrons. The van der Waals surface area contributed by atoms with Crippen molar-refractivity contribution in [3.8, 4) is 11.3 Å². The second kappa shape index (κ2) is 7.61. The second-order valence-corrected chi connectivity index (χ2v) is 8.19. The van der Waals surface area contributed by atoms with E-state index < -0.39 is 0 Å². The lowest BCUT2D eigenvalue weighted by Gasteiger charge is -2.30. The highest BCUT2D eigenvalue weighted by Crippen LogP contribution is 2.35. The van der Waals surface area contributed by atoms with Crippen molar-refractivity contribution < 1.29 is 4.92 Å². The lowest BCUT2D eigenvalue weighted by atomic mass is 9.97. The van der Waals surface area contributed by atoms with Gasteiger partial charge in [0.2, 0.25) is 0 Å². The third-order valence-electron chi connectivity index (χ3n) is 4.68. The van der Waals surface area contributed by atoms with Gasteiger partial charge in [-0.15, -0.1) is 22.7 Å². The van der Waals surface area contributed by atoms with Crippen LogP contribution in [0.15, 0.2) is 41.2 Å². The van der Waals surface area contributed by atoms with E-state index in [2.05, 4.69) is 9.88 Å². The smallest absolute Gasteiger partial charge is 0.278 e. The van der Waals surface area contributed by atoms with E-state index in [1.54, 1.807) is 34.8 Å². The number of likely N-dealkylation sites (tertiary alicyclic amines) is 1. The van der Waals surface area contributed by atoms with Crippen LogP contribution in [0.2, 0.25) is 0 Å². The lowest BCUT2D eigenvalue weighted by Crippen LogP contribution is -2.32. The average Bonchev–Trinajstić information content (AvgIpc) is 3.34. The summed E-state index contributed by atoms with van der Waals surface area (Å²) in [6.45, 7) is 2.99. The molecule has 4 rings (SSSR count). The molecule has 0 spiro atoms. The standard InChI is InChI=1S/C18H18N4O2S2/c23-22(24)16-4-2-1-3-14(16)15-12-26-18(20-15)13-5-8-21(9-6-13)11-17-19-7-10-25-17/h1-4,7,10,12-13H,5-6,8-9,11H2. The van der Waals surface area contributed by atoms with Crippen LogP contribution in [0.4, 0.5) is 5.69 Å². The summed E-state index contributed by atoms with van der Waals surface area (Å²) in [6, 6.07) is 6.81. The van der Waals surface area contributed by atoms with Gasteiger partial charge in [0.1, 0.15) is 5.01 Å². The average molecular weight is 387 g/mol. The van der Waals surface area contributed by atoms with Gasteiger partial charge in [0.15, 0.2) is 0 Å². The molecule has 6 nitrogen and oxygen atoms in total. The van der Waals surface area contributed by atoms with Crippen molar-refractivity contribution in [2.75, 3.05) is 13.1 Å². The number of rotatable bonds is 5. The van der Waals surface area contributed by atoms with Gasteiger partial charge in [-0.1, -0.05) is 12.1 Å². The van der Waals surface area contributed by atoms with Crippen molar-refractivity contribution in [2.24, 2.45) is 0 Å². The van der Waals surface area contributed by atoms with E-state index in [0.717, 1.165) is 42.5 Å². The van der Waals surface area contributed by atoms with Crippen LogP contribution in [0, 0.1) is 10.1 Å². The highest BCUT2D eigenvalue weighted by molar-refractivity contribution is 7.10. The summed E-state index contributed by atoms with van der Waals surface area (Å²) in [4.78, 5) is 22.4. The third kappa shape index (κ3) is 3.67. The number of hydrogen-bond acceptors (Lipinski definition) is 7. The molecule has 0 aliphatic carbocycles. The van der Waals surface area contributed by atoms with Gasteiger partial charge in [-0.05, 0) is 32.0 Å². The number of hydrogen-bond donors (Lipinski definition) is 0. The first-order valence-corrected chi connectivity index (χ1v) is 10.3. The number of nitrogens with zero attached hydrogens (tertiary/aromatic N) is 4. The van der Waals surface area contributed by atoms with E-state index >= 15 is 0 Å². The first kappa shape index (κ1) is 17.3. The molecule has 0 bridgehead atoms. The molecule has 3 heterocycles. The van der Waals surface area contributed by atoms with Crippen LogP contribution in [0.1, 0.15) is 28.8 Å². The molecule has 0 unspecified atom stereocenters. The molecule has 0 N–H and O–H groups in total. The van der Waals surface area contributed by atoms with Crippen molar-refractivity contribution >= 4 is 28.4 Å². The Labute approximate surface area is 159 Å². The van der Waals surface area contributed by atoms with Gasteiger partial charge in [-0.3, -0.25) is 15.0 Å². The Balaban J connectivity index is 1.44. The van der Waals surface area contributed by atoms with E-state index in [1.165, 1.54) is 6.07 Å². The van der Waals surface area contributed by atoms with E-state index in [1.807, 2.05) is 23.0 Å². The molecule has 134 valence electrons. The predicted octanol–water partition coefficient (Wildman–Crippen LogP) is 4.55. The molecule has 3 aromatic rings. The topological polar surface area (TPSA) is 72.2 Å². The SMILES string of the molecule is O=[N+]([O-])c1ccccc1-c1csc(C2CCN(Cc3nccs3)CC2)n1. The van der Waals surface area contributed by atoms with Crippen molar-refractivity contribution in [3.05, 3.63) is 61.4 Å². The summed E-state index contributed by atoms with van der Waals surface area (Å²) in [7, 11) is 0. The molecule has 0 atom stereocenters. The molecular formula is C18H18N4O2S2. The highest BCUT2D eigenvalue weighted by atomic mass is 32.1. The van der Waals surface area contributed by atoms with Crippen LogP contribution < -0.4 is 0 Å². The summed E-state index contributed by atoms with van der Waals surface area (Å²) < 4.78 is 0. The maximum Gasteiger partial charge on any atom is 0.278 e. The number of benzene rings is 1. The molecule has 1 aliphatic rings. The largest absolute Gasteiger partial charge is 0.297 e. The highest BCUT2D eigenvalue weighted by Gasteiger charge is 2.24. The normalized spacial score (nSPS) is 16.0. The minimum atomic E-state index is -0.342. The molecule has 1 aromatic carbocycles. The summed E-state index contributed by atoms with van der Waals surface area (Å²) in [6.07, 6.45) is 3.98. The molecular weight excluding hydrogens is 368 g/mol. The monoisotopic (exact) mass is 386 g/mol. The minimum absolute atomic E-state index is 0.114. The molecule has 2 aromatic heterocycles. The first-order chi connectivity index (χ1) is 12.7. The first-order valence-electron chi connectivity index (χ1n) is 8.50. The maximum absolute atomic E-state index is 11.2. The molecule has 8 heteroatoms. The van der Waals surface area contributed by atoms with Gasteiger partial charge < -0.3 is 0 Å². The predicted molar refractivity (Wildman–Crippen MR) is 104 cm³/mol. The Morgan fingerprint density at radius 2 is 2.04 bits per heavy atom. The number of nitro groups is 1. The Kier molecular flexibility index (Phi) is 5.05. The van der Waals surface area contributed by atoms with E-state index in [4.69, 9.17) is 4.98 Å². The Hall–Kier alpha value is -2.16. The number of thiazole rings is 2. The third-order valence-corrected chi connectivity index (χ3v) is 6.45. The second-order valence-electron chi connectivity index (χ2n) is 6.32. The van der Waals surface area contributed by atoms with Gasteiger partial charge >= 0.3 is 0 Å². The van der Waals surface area contributed by atoms with Crippen LogP contribution in [-0.2, 0) is 6.54 Å². The lowest BCUT2D eigenvalue weighted by molar-refractivity contribution is -0.384. The van der Waals surface area contributed by atoms with Crippen molar-refractivity contribution in [1.82, 2.24) is 14.9 Å². The van der Waals surface area contributed by atoms with Crippen LogP contribution in [0.5, 0.6) is 0 Å². The van der Waals surface area contributed by atoms with Gasteiger partial charge in [0.05, 0.1) is 27.7 Å². The quantitative estimate of drug-likeness (QED) is 0.475. The number of aromatic nitrogens is 2. The fraction of sp³-hybridized carbons (Fsp3) is 0.333. The fourth-order valence-electron chi connectivity index (χ4n) is 3.31. The Bertz CT molecular complexity index is 886. The Morgan fingerprint density at radius 1 is 1.23 bits per heavy atom. The fourth-order valence-corrected chi connectivity index (χ4v) is 4.96. The molecule has 0 saturated carbocycles. The zero-order valence-electron chi connectivity index (χ0n) is 14.1.